The van der Waals surface area contributed by atoms with Gasteiger partial charge in [-0.15, -0.1) is 0 Å². The van der Waals surface area contributed by atoms with Crippen molar-refractivity contribution in [3.05, 3.63) is 12.4 Å². The summed E-state index contributed by atoms with van der Waals surface area (Å²) in [5, 5.41) is 0. The molecule has 0 saturated heterocycles. The Labute approximate surface area is 88.6 Å². The largest absolute Gasteiger partial charge is 0.359 e. The molecule has 1 heterocycles. The Bertz CT molecular complexity index is 187. The first-order valence-electron chi connectivity index (χ1n) is 5.82. The molecular weight excluding hydrogens is 172 g/mol. The van der Waals surface area contributed by atoms with E-state index in [0.717, 1.165) is 0 Å². The van der Waals surface area contributed by atoms with E-state index < -0.39 is 0 Å². The maximum Gasteiger partial charge on any atom is 0.103 e. The van der Waals surface area contributed by atoms with Crippen LogP contribution in [-0.2, 0) is 0 Å². The smallest absolute Gasteiger partial charge is 0.103 e. The summed E-state index contributed by atoms with van der Waals surface area (Å²) >= 11 is 0. The zero-order chi connectivity index (χ0) is 10.6. The van der Waals surface area contributed by atoms with Gasteiger partial charge in [0.05, 0.1) is 0 Å². The summed E-state index contributed by atoms with van der Waals surface area (Å²) in [5.74, 6) is 0.691. The summed E-state index contributed by atoms with van der Waals surface area (Å²) < 4.78 is 0. The van der Waals surface area contributed by atoms with Crippen molar-refractivity contribution in [3.8, 4) is 0 Å². The summed E-state index contributed by atoms with van der Waals surface area (Å²) in [6.07, 6.45) is 8.97. The molecule has 0 fully saturated rings. The van der Waals surface area contributed by atoms with E-state index in [2.05, 4.69) is 50.0 Å². The lowest BCUT2D eigenvalue weighted by Crippen LogP contribution is -2.41. The standard InChI is InChI=1S/C12H24N2/c1-5-6-7-8-14-10-9-13(4)12(14)11(2)3/h9-12H,5-8H2,1-4H3. The first kappa shape index (κ1) is 11.4. The molecule has 0 spiro atoms. The number of unbranched alkanes of at least 4 members (excludes halogenated alkanes) is 2. The summed E-state index contributed by atoms with van der Waals surface area (Å²) in [7, 11) is 2.17. The minimum atomic E-state index is 0.576. The van der Waals surface area contributed by atoms with Crippen molar-refractivity contribution in [2.24, 2.45) is 5.92 Å². The van der Waals surface area contributed by atoms with Gasteiger partial charge in [0.1, 0.15) is 6.17 Å². The highest BCUT2D eigenvalue weighted by Crippen LogP contribution is 2.21. The van der Waals surface area contributed by atoms with Gasteiger partial charge in [0.2, 0.25) is 0 Å². The minimum Gasteiger partial charge on any atom is -0.359 e. The van der Waals surface area contributed by atoms with Gasteiger partial charge >= 0.3 is 0 Å². The van der Waals surface area contributed by atoms with E-state index in [1.54, 1.807) is 0 Å². The molecule has 0 amide bonds. The Morgan fingerprint density at radius 1 is 1.21 bits per heavy atom. The number of rotatable bonds is 5. The lowest BCUT2D eigenvalue weighted by Gasteiger charge is -2.33. The lowest BCUT2D eigenvalue weighted by atomic mass is 10.1. The highest BCUT2D eigenvalue weighted by atomic mass is 15.4. The summed E-state index contributed by atoms with van der Waals surface area (Å²) in [6.45, 7) is 8.05. The van der Waals surface area contributed by atoms with Gasteiger partial charge in [-0.2, -0.15) is 0 Å². The van der Waals surface area contributed by atoms with Crippen LogP contribution in [0.4, 0.5) is 0 Å². The van der Waals surface area contributed by atoms with E-state index in [1.807, 2.05) is 0 Å². The van der Waals surface area contributed by atoms with Crippen LogP contribution < -0.4 is 0 Å². The molecular formula is C12H24N2. The van der Waals surface area contributed by atoms with Crippen molar-refractivity contribution in [3.63, 3.8) is 0 Å². The summed E-state index contributed by atoms with van der Waals surface area (Å²) in [5.41, 5.74) is 0. The number of hydrogen-bond acceptors (Lipinski definition) is 2. The Morgan fingerprint density at radius 3 is 2.50 bits per heavy atom. The van der Waals surface area contributed by atoms with E-state index in [0.29, 0.717) is 12.1 Å². The van der Waals surface area contributed by atoms with Crippen molar-refractivity contribution in [2.75, 3.05) is 13.6 Å². The second kappa shape index (κ2) is 5.28. The van der Waals surface area contributed by atoms with Crippen molar-refractivity contribution < 1.29 is 0 Å². The molecule has 0 aromatic rings. The van der Waals surface area contributed by atoms with Crippen LogP contribution in [0, 0.1) is 5.92 Å². The van der Waals surface area contributed by atoms with E-state index in [9.17, 15) is 0 Å². The van der Waals surface area contributed by atoms with Crippen LogP contribution in [0.3, 0.4) is 0 Å². The Hall–Kier alpha value is -0.660. The van der Waals surface area contributed by atoms with Gasteiger partial charge in [0.25, 0.3) is 0 Å². The zero-order valence-electron chi connectivity index (χ0n) is 10.0. The maximum absolute atomic E-state index is 2.47. The van der Waals surface area contributed by atoms with Gasteiger partial charge in [-0.25, -0.2) is 0 Å². The normalized spacial score (nSPS) is 21.4. The predicted molar refractivity (Wildman–Crippen MR) is 61.8 cm³/mol. The third-order valence-corrected chi connectivity index (χ3v) is 2.87. The van der Waals surface area contributed by atoms with E-state index in [-0.39, 0.29) is 0 Å². The topological polar surface area (TPSA) is 6.48 Å². The van der Waals surface area contributed by atoms with Crippen LogP contribution in [0.25, 0.3) is 0 Å². The molecule has 14 heavy (non-hydrogen) atoms. The molecule has 0 aromatic heterocycles. The average Bonchev–Trinajstić information content (AvgIpc) is 2.47. The molecule has 1 aliphatic heterocycles. The van der Waals surface area contributed by atoms with Crippen LogP contribution in [0.15, 0.2) is 12.4 Å². The molecule has 0 aliphatic carbocycles. The Morgan fingerprint density at radius 2 is 1.93 bits per heavy atom. The Balaban J connectivity index is 2.39. The highest BCUT2D eigenvalue weighted by molar-refractivity contribution is 4.96. The molecule has 1 unspecified atom stereocenters. The molecule has 0 N–H and O–H groups in total. The molecule has 2 heteroatoms. The average molecular weight is 196 g/mol. The van der Waals surface area contributed by atoms with Crippen LogP contribution in [-0.4, -0.2) is 29.6 Å². The van der Waals surface area contributed by atoms with Gasteiger partial charge in [-0.1, -0.05) is 33.6 Å². The van der Waals surface area contributed by atoms with Crippen LogP contribution in [0.1, 0.15) is 40.0 Å². The molecule has 1 rings (SSSR count). The van der Waals surface area contributed by atoms with Crippen LogP contribution in [0.2, 0.25) is 0 Å². The second-order valence-corrected chi connectivity index (χ2v) is 4.57. The lowest BCUT2D eigenvalue weighted by molar-refractivity contribution is 0.125. The summed E-state index contributed by atoms with van der Waals surface area (Å²) in [6, 6.07) is 0. The maximum atomic E-state index is 2.47. The first-order valence-corrected chi connectivity index (χ1v) is 5.82. The fraction of sp³-hybridized carbons (Fsp3) is 0.833. The molecule has 2 nitrogen and oxygen atoms in total. The first-order chi connectivity index (χ1) is 6.66. The van der Waals surface area contributed by atoms with Gasteiger partial charge < -0.3 is 9.80 Å². The van der Waals surface area contributed by atoms with Gasteiger partial charge in [0, 0.05) is 26.0 Å². The van der Waals surface area contributed by atoms with Gasteiger partial charge in [-0.05, 0) is 12.3 Å². The molecule has 0 aromatic carbocycles. The monoisotopic (exact) mass is 196 g/mol. The van der Waals surface area contributed by atoms with Crippen molar-refractivity contribution in [2.45, 2.75) is 46.2 Å². The van der Waals surface area contributed by atoms with Crippen molar-refractivity contribution in [1.82, 2.24) is 9.80 Å². The molecule has 0 bridgehead atoms. The van der Waals surface area contributed by atoms with E-state index in [4.69, 9.17) is 0 Å². The quantitative estimate of drug-likeness (QED) is 0.624. The second-order valence-electron chi connectivity index (χ2n) is 4.57. The fourth-order valence-corrected chi connectivity index (χ4v) is 2.21. The minimum absolute atomic E-state index is 0.576. The van der Waals surface area contributed by atoms with E-state index in [1.165, 1.54) is 25.8 Å². The van der Waals surface area contributed by atoms with Gasteiger partial charge in [0.15, 0.2) is 0 Å². The van der Waals surface area contributed by atoms with Crippen molar-refractivity contribution >= 4 is 0 Å². The van der Waals surface area contributed by atoms with Crippen LogP contribution in [0.5, 0.6) is 0 Å². The third kappa shape index (κ3) is 2.66. The van der Waals surface area contributed by atoms with Crippen LogP contribution >= 0.6 is 0 Å². The fourth-order valence-electron chi connectivity index (χ4n) is 2.21. The Kier molecular flexibility index (Phi) is 4.30. The molecule has 0 radical (unpaired) electrons. The summed E-state index contributed by atoms with van der Waals surface area (Å²) in [4.78, 5) is 4.79. The highest BCUT2D eigenvalue weighted by Gasteiger charge is 2.25. The number of hydrogen-bond donors (Lipinski definition) is 0. The van der Waals surface area contributed by atoms with Gasteiger partial charge in [-0.3, -0.25) is 0 Å². The van der Waals surface area contributed by atoms with E-state index >= 15 is 0 Å². The molecule has 1 aliphatic rings. The number of nitrogens with zero attached hydrogens (tertiary/aromatic N) is 2. The zero-order valence-corrected chi connectivity index (χ0v) is 10.0. The van der Waals surface area contributed by atoms with Crippen molar-refractivity contribution in [1.29, 1.82) is 0 Å². The molecule has 0 saturated carbocycles. The SMILES string of the molecule is CCCCCN1C=CN(C)C1C(C)C. The third-order valence-electron chi connectivity index (χ3n) is 2.87. The molecule has 82 valence electrons. The predicted octanol–water partition coefficient (Wildman–Crippen LogP) is 2.88. The molecule has 1 atom stereocenters.